The summed E-state index contributed by atoms with van der Waals surface area (Å²) in [6.45, 7) is 2.27. The maximum absolute atomic E-state index is 6.46. The number of nitrogens with zero attached hydrogens (tertiary/aromatic N) is 1. The number of benzene rings is 1. The van der Waals surface area contributed by atoms with Crippen LogP contribution in [-0.2, 0) is 0 Å². The molecule has 0 spiro atoms. The van der Waals surface area contributed by atoms with Crippen molar-refractivity contribution in [3.05, 3.63) is 58.7 Å². The third-order valence-electron chi connectivity index (χ3n) is 3.84. The number of hydrogen-bond acceptors (Lipinski definition) is 3. The van der Waals surface area contributed by atoms with Crippen LogP contribution in [0.15, 0.2) is 47.6 Å². The quantitative estimate of drug-likeness (QED) is 0.893. The first-order valence-electron chi connectivity index (χ1n) is 6.78. The van der Waals surface area contributed by atoms with E-state index in [0.29, 0.717) is 16.2 Å². The van der Waals surface area contributed by atoms with Crippen LogP contribution >= 0.6 is 23.4 Å². The van der Waals surface area contributed by atoms with Gasteiger partial charge in [0, 0.05) is 17.5 Å². The lowest BCUT2D eigenvalue weighted by molar-refractivity contribution is 0.527. The van der Waals surface area contributed by atoms with E-state index in [1.165, 1.54) is 11.1 Å². The van der Waals surface area contributed by atoms with Crippen molar-refractivity contribution in [2.24, 2.45) is 5.73 Å². The fourth-order valence-corrected chi connectivity index (χ4v) is 4.15. The van der Waals surface area contributed by atoms with Gasteiger partial charge in [0.2, 0.25) is 0 Å². The van der Waals surface area contributed by atoms with Crippen LogP contribution in [-0.4, -0.2) is 10.2 Å². The van der Waals surface area contributed by atoms with Crippen molar-refractivity contribution < 1.29 is 0 Å². The van der Waals surface area contributed by atoms with E-state index in [9.17, 15) is 0 Å². The summed E-state index contributed by atoms with van der Waals surface area (Å²) in [6.07, 6.45) is 2.77. The van der Waals surface area contributed by atoms with E-state index in [2.05, 4.69) is 36.2 Å². The van der Waals surface area contributed by atoms with Gasteiger partial charge in [-0.2, -0.15) is 0 Å². The second kappa shape index (κ2) is 5.76. The molecule has 4 heteroatoms. The minimum Gasteiger partial charge on any atom is -0.323 e. The molecule has 0 saturated heterocycles. The van der Waals surface area contributed by atoms with Gasteiger partial charge in [0.05, 0.1) is 10.0 Å². The zero-order valence-corrected chi connectivity index (χ0v) is 12.9. The Hall–Kier alpha value is -1.03. The second-order valence-corrected chi connectivity index (χ2v) is 6.96. The Morgan fingerprint density at radius 1 is 1.20 bits per heavy atom. The van der Waals surface area contributed by atoms with Crippen LogP contribution in [0.2, 0.25) is 5.02 Å². The van der Waals surface area contributed by atoms with Gasteiger partial charge in [0.25, 0.3) is 0 Å². The number of halogens is 1. The predicted octanol–water partition coefficient (Wildman–Crippen LogP) is 4.40. The molecule has 2 N–H and O–H groups in total. The maximum atomic E-state index is 6.46. The molecule has 1 aliphatic carbocycles. The van der Waals surface area contributed by atoms with Gasteiger partial charge < -0.3 is 5.73 Å². The van der Waals surface area contributed by atoms with Gasteiger partial charge in [-0.15, -0.1) is 11.8 Å². The van der Waals surface area contributed by atoms with E-state index < -0.39 is 0 Å². The molecule has 104 valence electrons. The van der Waals surface area contributed by atoms with Crippen molar-refractivity contribution in [2.75, 3.05) is 0 Å². The summed E-state index contributed by atoms with van der Waals surface area (Å²) in [5, 5.41) is 2.01. The molecule has 0 aliphatic heterocycles. The number of hydrogen-bond donors (Lipinski definition) is 1. The van der Waals surface area contributed by atoms with Crippen molar-refractivity contribution in [3.8, 4) is 0 Å². The van der Waals surface area contributed by atoms with Crippen LogP contribution in [0.25, 0.3) is 0 Å². The van der Waals surface area contributed by atoms with Gasteiger partial charge in [-0.1, -0.05) is 42.8 Å². The molecule has 1 aromatic heterocycles. The SMILES string of the molecule is CC1CC(Sc2ccc(Cl)cn2)C(N)c2ccccc21. The van der Waals surface area contributed by atoms with Crippen LogP contribution in [0.1, 0.15) is 36.4 Å². The number of pyridine rings is 1. The lowest BCUT2D eigenvalue weighted by Crippen LogP contribution is -2.30. The van der Waals surface area contributed by atoms with Gasteiger partial charge >= 0.3 is 0 Å². The average molecular weight is 305 g/mol. The highest BCUT2D eigenvalue weighted by Crippen LogP contribution is 2.43. The molecule has 3 atom stereocenters. The Morgan fingerprint density at radius 2 is 1.95 bits per heavy atom. The highest BCUT2D eigenvalue weighted by Gasteiger charge is 2.31. The second-order valence-electron chi connectivity index (χ2n) is 5.26. The molecular formula is C16H17ClN2S. The van der Waals surface area contributed by atoms with E-state index in [1.54, 1.807) is 18.0 Å². The number of aromatic nitrogens is 1. The van der Waals surface area contributed by atoms with E-state index in [4.69, 9.17) is 17.3 Å². The average Bonchev–Trinajstić information content (AvgIpc) is 2.47. The Kier molecular flexibility index (Phi) is 4.01. The molecule has 2 nitrogen and oxygen atoms in total. The summed E-state index contributed by atoms with van der Waals surface area (Å²) < 4.78 is 0. The van der Waals surface area contributed by atoms with E-state index in [1.807, 2.05) is 12.1 Å². The highest BCUT2D eigenvalue weighted by atomic mass is 35.5. The Balaban J connectivity index is 1.84. The fraction of sp³-hybridized carbons (Fsp3) is 0.312. The molecule has 0 amide bonds. The fourth-order valence-electron chi connectivity index (χ4n) is 2.79. The molecule has 0 fully saturated rings. The number of thioether (sulfide) groups is 1. The summed E-state index contributed by atoms with van der Waals surface area (Å²) >= 11 is 7.63. The molecule has 2 aromatic rings. The van der Waals surface area contributed by atoms with Gasteiger partial charge in [0.15, 0.2) is 0 Å². The largest absolute Gasteiger partial charge is 0.323 e. The first kappa shape index (κ1) is 13.9. The third-order valence-corrected chi connectivity index (χ3v) is 5.34. The number of nitrogens with two attached hydrogens (primary N) is 1. The summed E-state index contributed by atoms with van der Waals surface area (Å²) in [7, 11) is 0. The molecule has 1 aromatic carbocycles. The summed E-state index contributed by atoms with van der Waals surface area (Å²) in [5.41, 5.74) is 9.12. The zero-order valence-electron chi connectivity index (χ0n) is 11.3. The van der Waals surface area contributed by atoms with Gasteiger partial charge in [-0.25, -0.2) is 4.98 Å². The van der Waals surface area contributed by atoms with Crippen LogP contribution in [0.5, 0.6) is 0 Å². The molecular weight excluding hydrogens is 288 g/mol. The minimum atomic E-state index is 0.0601. The predicted molar refractivity (Wildman–Crippen MR) is 85.3 cm³/mol. The highest BCUT2D eigenvalue weighted by molar-refractivity contribution is 7.99. The molecule has 3 unspecified atom stereocenters. The number of fused-ring (bicyclic) bond motifs is 1. The zero-order chi connectivity index (χ0) is 14.1. The van der Waals surface area contributed by atoms with E-state index >= 15 is 0 Å². The normalized spacial score (nSPS) is 25.2. The van der Waals surface area contributed by atoms with Gasteiger partial charge in [-0.05, 0) is 35.6 Å². The lowest BCUT2D eigenvalue weighted by Gasteiger charge is -2.34. The molecule has 0 saturated carbocycles. The third kappa shape index (κ3) is 2.71. The van der Waals surface area contributed by atoms with Gasteiger partial charge in [0.1, 0.15) is 0 Å². The van der Waals surface area contributed by atoms with Crippen LogP contribution in [0.3, 0.4) is 0 Å². The van der Waals surface area contributed by atoms with Crippen molar-refractivity contribution in [1.29, 1.82) is 0 Å². The Labute approximate surface area is 128 Å². The van der Waals surface area contributed by atoms with Crippen molar-refractivity contribution in [2.45, 2.75) is 35.6 Å². The smallest absolute Gasteiger partial charge is 0.0964 e. The van der Waals surface area contributed by atoms with Crippen molar-refractivity contribution in [1.82, 2.24) is 4.98 Å². The number of rotatable bonds is 2. The molecule has 0 radical (unpaired) electrons. The molecule has 1 heterocycles. The van der Waals surface area contributed by atoms with Gasteiger partial charge in [-0.3, -0.25) is 0 Å². The first-order valence-corrected chi connectivity index (χ1v) is 8.03. The molecule has 20 heavy (non-hydrogen) atoms. The minimum absolute atomic E-state index is 0.0601. The maximum Gasteiger partial charge on any atom is 0.0964 e. The summed E-state index contributed by atoms with van der Waals surface area (Å²) in [5.74, 6) is 0.538. The van der Waals surface area contributed by atoms with Crippen LogP contribution < -0.4 is 5.73 Å². The van der Waals surface area contributed by atoms with Crippen LogP contribution in [0, 0.1) is 0 Å². The topological polar surface area (TPSA) is 38.9 Å². The van der Waals surface area contributed by atoms with E-state index in [0.717, 1.165) is 11.4 Å². The van der Waals surface area contributed by atoms with Crippen molar-refractivity contribution in [3.63, 3.8) is 0 Å². The van der Waals surface area contributed by atoms with Crippen LogP contribution in [0.4, 0.5) is 0 Å². The van der Waals surface area contributed by atoms with Crippen molar-refractivity contribution >= 4 is 23.4 Å². The molecule has 0 bridgehead atoms. The summed E-state index contributed by atoms with van der Waals surface area (Å²) in [6, 6.07) is 12.4. The molecule has 3 rings (SSSR count). The van der Waals surface area contributed by atoms with E-state index in [-0.39, 0.29) is 6.04 Å². The molecule has 1 aliphatic rings. The lowest BCUT2D eigenvalue weighted by atomic mass is 9.81. The summed E-state index contributed by atoms with van der Waals surface area (Å²) in [4.78, 5) is 4.36. The Bertz CT molecular complexity index is 600. The first-order chi connectivity index (χ1) is 9.65. The monoisotopic (exact) mass is 304 g/mol. The standard InChI is InChI=1S/C16H17ClN2S/c1-10-8-14(20-15-7-6-11(17)9-19-15)16(18)13-5-3-2-4-12(10)13/h2-7,9-10,14,16H,8,18H2,1H3. The Morgan fingerprint density at radius 3 is 2.65 bits per heavy atom.